The molecule has 2 N–H and O–H groups in total. The molecule has 98 valence electrons. The Balaban J connectivity index is 2.11. The molecule has 2 heteroatoms. The van der Waals surface area contributed by atoms with Crippen LogP contribution >= 0.6 is 0 Å². The Hall–Kier alpha value is -1.80. The third kappa shape index (κ3) is 2.24. The number of rotatable bonds is 2. The minimum absolute atomic E-state index is 0.310. The van der Waals surface area contributed by atoms with Gasteiger partial charge in [-0.2, -0.15) is 0 Å². The molecule has 2 aromatic carbocycles. The smallest absolute Gasteiger partial charge is 0.0667 e. The van der Waals surface area contributed by atoms with Crippen molar-refractivity contribution in [2.24, 2.45) is 0 Å². The first kappa shape index (κ1) is 12.2. The molecule has 0 amide bonds. The van der Waals surface area contributed by atoms with Gasteiger partial charge in [-0.05, 0) is 43.1 Å². The Kier molecular flexibility index (Phi) is 3.26. The van der Waals surface area contributed by atoms with Crippen LogP contribution in [-0.2, 0) is 6.42 Å². The van der Waals surface area contributed by atoms with Crippen molar-refractivity contribution in [1.82, 2.24) is 5.32 Å². The van der Waals surface area contributed by atoms with E-state index in [-0.39, 0.29) is 0 Å². The van der Waals surface area contributed by atoms with Crippen LogP contribution in [0, 0.1) is 0 Å². The minimum Gasteiger partial charge on any atom is -0.376 e. The lowest BCUT2D eigenvalue weighted by Crippen LogP contribution is -2.33. The molecule has 2 aromatic rings. The van der Waals surface area contributed by atoms with E-state index >= 15 is 0 Å². The molecular weight excluding hydrogens is 232 g/mol. The lowest BCUT2D eigenvalue weighted by molar-refractivity contribution is 0.533. The Labute approximate surface area is 114 Å². The fourth-order valence-electron chi connectivity index (χ4n) is 2.83. The molecule has 0 aromatic heterocycles. The van der Waals surface area contributed by atoms with Crippen LogP contribution in [0.15, 0.2) is 48.5 Å². The summed E-state index contributed by atoms with van der Waals surface area (Å²) in [7, 11) is 2.02. The summed E-state index contributed by atoms with van der Waals surface area (Å²) in [6, 6.07) is 18.0. The maximum Gasteiger partial charge on any atom is 0.0667 e. The first-order valence-electron chi connectivity index (χ1n) is 6.89. The molecule has 1 aliphatic rings. The van der Waals surface area contributed by atoms with Gasteiger partial charge >= 0.3 is 0 Å². The number of benzene rings is 2. The molecule has 0 aliphatic carbocycles. The van der Waals surface area contributed by atoms with Gasteiger partial charge in [-0.1, -0.05) is 42.5 Å². The summed E-state index contributed by atoms with van der Waals surface area (Å²) >= 11 is 0. The summed E-state index contributed by atoms with van der Waals surface area (Å²) in [5.41, 5.74) is 5.46. The normalized spacial score (nSPS) is 18.7. The van der Waals surface area contributed by atoms with Crippen LogP contribution < -0.4 is 10.6 Å². The van der Waals surface area contributed by atoms with Crippen LogP contribution in [0.5, 0.6) is 0 Å². The number of nitrogens with one attached hydrogen (secondary N) is 2. The Morgan fingerprint density at radius 3 is 2.53 bits per heavy atom. The van der Waals surface area contributed by atoms with Crippen molar-refractivity contribution >= 4 is 5.69 Å². The van der Waals surface area contributed by atoms with E-state index in [4.69, 9.17) is 0 Å². The third-order valence-electron chi connectivity index (χ3n) is 4.05. The molecule has 3 rings (SSSR count). The molecule has 0 radical (unpaired) electrons. The Morgan fingerprint density at radius 2 is 1.74 bits per heavy atom. The molecule has 0 fully saturated rings. The quantitative estimate of drug-likeness (QED) is 0.856. The number of likely N-dealkylation sites (N-methyl/N-ethyl adjacent to an activating group) is 1. The van der Waals surface area contributed by atoms with Crippen molar-refractivity contribution in [2.75, 3.05) is 12.4 Å². The molecule has 1 heterocycles. The second-order valence-corrected chi connectivity index (χ2v) is 5.23. The van der Waals surface area contributed by atoms with Gasteiger partial charge < -0.3 is 10.6 Å². The zero-order valence-corrected chi connectivity index (χ0v) is 11.5. The van der Waals surface area contributed by atoms with Gasteiger partial charge in [-0.3, -0.25) is 0 Å². The van der Waals surface area contributed by atoms with Gasteiger partial charge in [0.25, 0.3) is 0 Å². The average molecular weight is 252 g/mol. The van der Waals surface area contributed by atoms with Crippen LogP contribution in [0.3, 0.4) is 0 Å². The zero-order chi connectivity index (χ0) is 13.2. The predicted octanol–water partition coefficient (Wildman–Crippen LogP) is 3.35. The summed E-state index contributed by atoms with van der Waals surface area (Å²) in [5.74, 6) is 0. The van der Waals surface area contributed by atoms with Crippen LogP contribution in [0.25, 0.3) is 0 Å². The topological polar surface area (TPSA) is 24.1 Å². The van der Waals surface area contributed by atoms with Crippen molar-refractivity contribution in [3.63, 3.8) is 0 Å². The van der Waals surface area contributed by atoms with E-state index < -0.39 is 0 Å². The number of fused-ring (bicyclic) bond motifs is 2. The predicted molar refractivity (Wildman–Crippen MR) is 80.6 cm³/mol. The SMILES string of the molecule is CNC(C)C1Nc2ccccc2Cc2ccccc21. The molecular formula is C17H20N2. The largest absolute Gasteiger partial charge is 0.376 e. The van der Waals surface area contributed by atoms with Crippen molar-refractivity contribution in [3.05, 3.63) is 65.2 Å². The lowest BCUT2D eigenvalue weighted by atomic mass is 9.94. The van der Waals surface area contributed by atoms with Crippen LogP contribution in [0.2, 0.25) is 0 Å². The summed E-state index contributed by atoms with van der Waals surface area (Å²) in [6.07, 6.45) is 1.01. The molecule has 0 saturated heterocycles. The highest BCUT2D eigenvalue weighted by Gasteiger charge is 2.24. The van der Waals surface area contributed by atoms with Crippen molar-refractivity contribution in [3.8, 4) is 0 Å². The summed E-state index contributed by atoms with van der Waals surface area (Å²) in [6.45, 7) is 2.22. The molecule has 0 saturated carbocycles. The number of para-hydroxylation sites is 1. The van der Waals surface area contributed by atoms with Gasteiger partial charge in [0.2, 0.25) is 0 Å². The van der Waals surface area contributed by atoms with Crippen LogP contribution in [0.4, 0.5) is 5.69 Å². The van der Waals surface area contributed by atoms with Gasteiger partial charge in [0, 0.05) is 11.7 Å². The van der Waals surface area contributed by atoms with E-state index in [9.17, 15) is 0 Å². The monoisotopic (exact) mass is 252 g/mol. The lowest BCUT2D eigenvalue weighted by Gasteiger charge is -2.26. The second kappa shape index (κ2) is 5.06. The first-order valence-corrected chi connectivity index (χ1v) is 6.89. The second-order valence-electron chi connectivity index (χ2n) is 5.23. The fraction of sp³-hybridized carbons (Fsp3) is 0.294. The highest BCUT2D eigenvalue weighted by atomic mass is 15.0. The summed E-state index contributed by atoms with van der Waals surface area (Å²) in [4.78, 5) is 0. The molecule has 2 unspecified atom stereocenters. The van der Waals surface area contributed by atoms with Gasteiger partial charge in [0.15, 0.2) is 0 Å². The van der Waals surface area contributed by atoms with Crippen LogP contribution in [0.1, 0.15) is 29.7 Å². The molecule has 2 nitrogen and oxygen atoms in total. The number of hydrogen-bond donors (Lipinski definition) is 2. The van der Waals surface area contributed by atoms with Gasteiger partial charge in [-0.15, -0.1) is 0 Å². The van der Waals surface area contributed by atoms with Gasteiger partial charge in [0.05, 0.1) is 6.04 Å². The standard InChI is InChI=1S/C17H20N2/c1-12(18-2)17-15-9-5-3-7-13(15)11-14-8-4-6-10-16(14)19-17/h3-10,12,17-19H,11H2,1-2H3. The summed E-state index contributed by atoms with van der Waals surface area (Å²) in [5, 5.41) is 7.08. The summed E-state index contributed by atoms with van der Waals surface area (Å²) < 4.78 is 0. The van der Waals surface area contributed by atoms with E-state index in [2.05, 4.69) is 66.1 Å². The van der Waals surface area contributed by atoms with Gasteiger partial charge in [-0.25, -0.2) is 0 Å². The highest BCUT2D eigenvalue weighted by Crippen LogP contribution is 2.33. The maximum atomic E-state index is 3.70. The fourth-order valence-corrected chi connectivity index (χ4v) is 2.83. The molecule has 1 aliphatic heterocycles. The van der Waals surface area contributed by atoms with Crippen molar-refractivity contribution in [2.45, 2.75) is 25.4 Å². The van der Waals surface area contributed by atoms with E-state index in [1.807, 2.05) is 7.05 Å². The number of hydrogen-bond acceptors (Lipinski definition) is 2. The van der Waals surface area contributed by atoms with Crippen molar-refractivity contribution in [1.29, 1.82) is 0 Å². The van der Waals surface area contributed by atoms with E-state index in [0.29, 0.717) is 12.1 Å². The zero-order valence-electron chi connectivity index (χ0n) is 11.5. The van der Waals surface area contributed by atoms with E-state index in [1.54, 1.807) is 0 Å². The number of anilines is 1. The molecule has 0 bridgehead atoms. The highest BCUT2D eigenvalue weighted by molar-refractivity contribution is 5.58. The maximum absolute atomic E-state index is 3.70. The van der Waals surface area contributed by atoms with Crippen LogP contribution in [-0.4, -0.2) is 13.1 Å². The molecule has 2 atom stereocenters. The van der Waals surface area contributed by atoms with E-state index in [0.717, 1.165) is 6.42 Å². The minimum atomic E-state index is 0.310. The van der Waals surface area contributed by atoms with E-state index in [1.165, 1.54) is 22.4 Å². The average Bonchev–Trinajstić information content (AvgIpc) is 2.62. The molecule has 0 spiro atoms. The third-order valence-corrected chi connectivity index (χ3v) is 4.05. The van der Waals surface area contributed by atoms with Crippen molar-refractivity contribution < 1.29 is 0 Å². The Bertz CT molecular complexity index is 577. The first-order chi connectivity index (χ1) is 9.29. The Morgan fingerprint density at radius 1 is 1.05 bits per heavy atom. The van der Waals surface area contributed by atoms with Gasteiger partial charge in [0.1, 0.15) is 0 Å². The molecule has 19 heavy (non-hydrogen) atoms.